The highest BCUT2D eigenvalue weighted by atomic mass is 79.9. The highest BCUT2D eigenvalue weighted by Crippen LogP contribution is 2.27. The van der Waals surface area contributed by atoms with E-state index in [1.807, 2.05) is 0 Å². The maximum Gasteiger partial charge on any atom is 0.339 e. The summed E-state index contributed by atoms with van der Waals surface area (Å²) >= 11 is 4.19. The number of aromatic nitrogens is 2. The van der Waals surface area contributed by atoms with Gasteiger partial charge in [-0.15, -0.1) is 0 Å². The summed E-state index contributed by atoms with van der Waals surface area (Å²) < 4.78 is 41.3. The SMILES string of the molecule is COC(=O)c1ccc(Br)cc1NS(=O)(=O)c1cccc2nsnc12. The topological polar surface area (TPSA) is 98.2 Å². The van der Waals surface area contributed by atoms with Crippen LogP contribution in [-0.2, 0) is 14.8 Å². The van der Waals surface area contributed by atoms with Crippen molar-refractivity contribution in [2.24, 2.45) is 0 Å². The largest absolute Gasteiger partial charge is 0.465 e. The van der Waals surface area contributed by atoms with Crippen LogP contribution in [0.4, 0.5) is 5.69 Å². The summed E-state index contributed by atoms with van der Waals surface area (Å²) in [6, 6.07) is 9.27. The molecular weight excluding hydrogens is 418 g/mol. The molecule has 3 aromatic rings. The Morgan fingerprint density at radius 2 is 2.04 bits per heavy atom. The van der Waals surface area contributed by atoms with Crippen LogP contribution >= 0.6 is 27.7 Å². The van der Waals surface area contributed by atoms with Gasteiger partial charge in [0.1, 0.15) is 15.9 Å². The van der Waals surface area contributed by atoms with Crippen LogP contribution in [0, 0.1) is 0 Å². The number of fused-ring (bicyclic) bond motifs is 1. The first-order valence-electron chi connectivity index (χ1n) is 6.54. The van der Waals surface area contributed by atoms with Crippen LogP contribution in [0.25, 0.3) is 11.0 Å². The molecule has 0 saturated heterocycles. The van der Waals surface area contributed by atoms with Crippen LogP contribution in [0.2, 0.25) is 0 Å². The van der Waals surface area contributed by atoms with Gasteiger partial charge in [0.2, 0.25) is 0 Å². The van der Waals surface area contributed by atoms with Crippen molar-refractivity contribution in [2.75, 3.05) is 11.8 Å². The summed E-state index contributed by atoms with van der Waals surface area (Å²) in [5.41, 5.74) is 0.985. The van der Waals surface area contributed by atoms with Crippen LogP contribution in [0.3, 0.4) is 0 Å². The number of anilines is 1. The number of nitrogens with one attached hydrogen (secondary N) is 1. The van der Waals surface area contributed by atoms with Gasteiger partial charge in [-0.3, -0.25) is 4.72 Å². The van der Waals surface area contributed by atoms with Crippen LogP contribution < -0.4 is 4.72 Å². The molecule has 0 amide bonds. The number of carbonyl (C=O) groups excluding carboxylic acids is 1. The number of hydrogen-bond acceptors (Lipinski definition) is 7. The Labute approximate surface area is 150 Å². The fourth-order valence-corrected chi connectivity index (χ4v) is 4.29. The lowest BCUT2D eigenvalue weighted by Crippen LogP contribution is -2.16. The van der Waals surface area contributed by atoms with E-state index in [0.717, 1.165) is 11.7 Å². The highest BCUT2D eigenvalue weighted by molar-refractivity contribution is 9.10. The lowest BCUT2D eigenvalue weighted by molar-refractivity contribution is 0.0602. The first-order chi connectivity index (χ1) is 11.4. The molecule has 0 spiro atoms. The van der Waals surface area contributed by atoms with E-state index in [-0.39, 0.29) is 21.7 Å². The van der Waals surface area contributed by atoms with Gasteiger partial charge in [0.05, 0.1) is 30.1 Å². The van der Waals surface area contributed by atoms with Gasteiger partial charge in [-0.25, -0.2) is 13.2 Å². The molecule has 0 aliphatic rings. The average molecular weight is 428 g/mol. The molecule has 0 aliphatic heterocycles. The molecule has 1 heterocycles. The van der Waals surface area contributed by atoms with Crippen LogP contribution in [0.5, 0.6) is 0 Å². The predicted molar refractivity (Wildman–Crippen MR) is 93.7 cm³/mol. The van der Waals surface area contributed by atoms with Crippen molar-refractivity contribution in [1.29, 1.82) is 0 Å². The molecule has 0 atom stereocenters. The monoisotopic (exact) mass is 427 g/mol. The molecular formula is C14H10BrN3O4S2. The second-order valence-corrected chi connectivity index (χ2v) is 7.77. The van der Waals surface area contributed by atoms with Gasteiger partial charge in [-0.2, -0.15) is 8.75 Å². The number of methoxy groups -OCH3 is 1. The van der Waals surface area contributed by atoms with E-state index in [1.54, 1.807) is 18.2 Å². The summed E-state index contributed by atoms with van der Waals surface area (Å²) in [4.78, 5) is 11.8. The van der Waals surface area contributed by atoms with Gasteiger partial charge in [0.25, 0.3) is 10.0 Å². The lowest BCUT2D eigenvalue weighted by atomic mass is 10.2. The Bertz CT molecular complexity index is 1030. The third-order valence-electron chi connectivity index (χ3n) is 3.17. The summed E-state index contributed by atoms with van der Waals surface area (Å²) in [6.07, 6.45) is 0. The highest BCUT2D eigenvalue weighted by Gasteiger charge is 2.22. The third-order valence-corrected chi connectivity index (χ3v) is 5.60. The number of carbonyl (C=O) groups is 1. The molecule has 0 unspecified atom stereocenters. The first kappa shape index (κ1) is 16.8. The van der Waals surface area contributed by atoms with E-state index in [0.29, 0.717) is 9.99 Å². The minimum absolute atomic E-state index is 0.00968. The number of hydrogen-bond donors (Lipinski definition) is 1. The molecule has 1 aromatic heterocycles. The molecule has 124 valence electrons. The minimum Gasteiger partial charge on any atom is -0.465 e. The van der Waals surface area contributed by atoms with Crippen LogP contribution in [-0.4, -0.2) is 30.2 Å². The predicted octanol–water partition coefficient (Wildman–Crippen LogP) is 3.04. The number of benzene rings is 2. The van der Waals surface area contributed by atoms with Gasteiger partial charge >= 0.3 is 5.97 Å². The average Bonchev–Trinajstić information content (AvgIpc) is 3.02. The second-order valence-electron chi connectivity index (χ2n) is 4.68. The van der Waals surface area contributed by atoms with E-state index < -0.39 is 16.0 Å². The standard InChI is InChI=1S/C14H10BrN3O4S2/c1-22-14(19)9-6-5-8(15)7-11(9)18-24(20,21)12-4-2-3-10-13(12)17-23-16-10/h2-7,18H,1H3. The zero-order valence-electron chi connectivity index (χ0n) is 12.2. The van der Waals surface area contributed by atoms with E-state index >= 15 is 0 Å². The van der Waals surface area contributed by atoms with Crippen LogP contribution in [0.1, 0.15) is 10.4 Å². The molecule has 7 nitrogen and oxygen atoms in total. The second kappa shape index (κ2) is 6.46. The summed E-state index contributed by atoms with van der Waals surface area (Å²) in [5, 5.41) is 0. The maximum atomic E-state index is 12.7. The number of esters is 1. The van der Waals surface area contributed by atoms with Gasteiger partial charge in [0.15, 0.2) is 0 Å². The maximum absolute atomic E-state index is 12.7. The van der Waals surface area contributed by atoms with Crippen molar-refractivity contribution >= 4 is 60.4 Å². The normalized spacial score (nSPS) is 11.4. The number of sulfonamides is 1. The van der Waals surface area contributed by atoms with Crippen molar-refractivity contribution in [1.82, 2.24) is 8.75 Å². The number of rotatable bonds is 4. The molecule has 0 radical (unpaired) electrons. The fourth-order valence-electron chi connectivity index (χ4n) is 2.09. The Kier molecular flexibility index (Phi) is 4.52. The van der Waals surface area contributed by atoms with Crippen molar-refractivity contribution in [3.8, 4) is 0 Å². The minimum atomic E-state index is -3.97. The zero-order valence-corrected chi connectivity index (χ0v) is 15.4. The molecule has 0 fully saturated rings. The zero-order chi connectivity index (χ0) is 17.3. The summed E-state index contributed by atoms with van der Waals surface area (Å²) in [5.74, 6) is -0.645. The summed E-state index contributed by atoms with van der Waals surface area (Å²) in [6.45, 7) is 0. The molecule has 0 aliphatic carbocycles. The van der Waals surface area contributed by atoms with Gasteiger partial charge in [0, 0.05) is 4.47 Å². The van der Waals surface area contributed by atoms with Gasteiger partial charge < -0.3 is 4.74 Å². The molecule has 1 N–H and O–H groups in total. The Balaban J connectivity index is 2.09. The lowest BCUT2D eigenvalue weighted by Gasteiger charge is -2.12. The first-order valence-corrected chi connectivity index (χ1v) is 9.55. The molecule has 3 rings (SSSR count). The van der Waals surface area contributed by atoms with Crippen molar-refractivity contribution in [3.63, 3.8) is 0 Å². The van der Waals surface area contributed by atoms with E-state index in [1.165, 1.54) is 25.3 Å². The van der Waals surface area contributed by atoms with Crippen LogP contribution in [0.15, 0.2) is 45.8 Å². The molecule has 0 bridgehead atoms. The summed E-state index contributed by atoms with van der Waals surface area (Å²) in [7, 11) is -2.74. The number of ether oxygens (including phenoxy) is 1. The number of nitrogens with zero attached hydrogens (tertiary/aromatic N) is 2. The number of halogens is 1. The Morgan fingerprint density at radius 1 is 1.25 bits per heavy atom. The molecule has 24 heavy (non-hydrogen) atoms. The van der Waals surface area contributed by atoms with E-state index in [4.69, 9.17) is 0 Å². The molecule has 0 saturated carbocycles. The third kappa shape index (κ3) is 3.12. The quantitative estimate of drug-likeness (QED) is 0.642. The molecule has 10 heteroatoms. The Hall–Kier alpha value is -2.04. The van der Waals surface area contributed by atoms with Crippen molar-refractivity contribution in [2.45, 2.75) is 4.90 Å². The van der Waals surface area contributed by atoms with E-state index in [2.05, 4.69) is 34.1 Å². The van der Waals surface area contributed by atoms with E-state index in [9.17, 15) is 13.2 Å². The van der Waals surface area contributed by atoms with Crippen molar-refractivity contribution < 1.29 is 17.9 Å². The van der Waals surface area contributed by atoms with Crippen molar-refractivity contribution in [3.05, 3.63) is 46.4 Å². The smallest absolute Gasteiger partial charge is 0.339 e. The van der Waals surface area contributed by atoms with Gasteiger partial charge in [-0.05, 0) is 30.3 Å². The van der Waals surface area contributed by atoms with Gasteiger partial charge in [-0.1, -0.05) is 22.0 Å². The molecule has 2 aromatic carbocycles. The Morgan fingerprint density at radius 3 is 2.79 bits per heavy atom. The fraction of sp³-hybridized carbons (Fsp3) is 0.0714.